The lowest BCUT2D eigenvalue weighted by Gasteiger charge is -2.16. The highest BCUT2D eigenvalue weighted by Gasteiger charge is 2.38. The van der Waals surface area contributed by atoms with Crippen LogP contribution in [0.3, 0.4) is 0 Å². The van der Waals surface area contributed by atoms with Gasteiger partial charge in [-0.05, 0) is 39.7 Å². The number of nitrogens with one attached hydrogen (secondary N) is 3. The summed E-state index contributed by atoms with van der Waals surface area (Å²) >= 11 is 0. The van der Waals surface area contributed by atoms with Crippen LogP contribution in [-0.4, -0.2) is 49.2 Å². The third kappa shape index (κ3) is 4.15. The number of ether oxygens (including phenoxy) is 1. The van der Waals surface area contributed by atoms with Gasteiger partial charge in [0.1, 0.15) is 17.8 Å². The lowest BCUT2D eigenvalue weighted by Crippen LogP contribution is -2.35. The van der Waals surface area contributed by atoms with E-state index >= 15 is 0 Å². The second kappa shape index (κ2) is 7.69. The Bertz CT molecular complexity index is 1020. The fourth-order valence-corrected chi connectivity index (χ4v) is 3.60. The second-order valence-corrected chi connectivity index (χ2v) is 7.65. The molecular formula is C19H24FN7O2. The van der Waals surface area contributed by atoms with Gasteiger partial charge in [-0.1, -0.05) is 0 Å². The van der Waals surface area contributed by atoms with E-state index in [1.54, 1.807) is 16.9 Å². The number of amides is 1. The second-order valence-electron chi connectivity index (χ2n) is 7.65. The van der Waals surface area contributed by atoms with Crippen LogP contribution in [0.1, 0.15) is 44.0 Å². The Labute approximate surface area is 167 Å². The normalized spacial score (nSPS) is 21.6. The van der Waals surface area contributed by atoms with Gasteiger partial charge in [0, 0.05) is 36.1 Å². The van der Waals surface area contributed by atoms with E-state index in [1.165, 1.54) is 0 Å². The van der Waals surface area contributed by atoms with Crippen molar-refractivity contribution in [2.45, 2.75) is 57.8 Å². The number of nitrogens with zero attached hydrogens (tertiary/aromatic N) is 4. The minimum Gasteiger partial charge on any atom is -0.443 e. The van der Waals surface area contributed by atoms with Crippen LogP contribution < -0.4 is 10.6 Å². The Morgan fingerprint density at radius 1 is 1.38 bits per heavy atom. The Hall–Kier alpha value is -3.17. The van der Waals surface area contributed by atoms with Crippen LogP contribution in [0.2, 0.25) is 0 Å². The molecule has 3 N–H and O–H groups in total. The first-order chi connectivity index (χ1) is 13.9. The van der Waals surface area contributed by atoms with E-state index in [9.17, 15) is 9.18 Å². The molecule has 4 rings (SSSR count). The number of fused-ring (bicyclic) bond motifs is 1. The number of alkyl carbamates (subject to hydrolysis) is 1. The molecule has 0 aliphatic heterocycles. The zero-order chi connectivity index (χ0) is 20.5. The molecule has 1 saturated carbocycles. The molecular weight excluding hydrogens is 377 g/mol. The van der Waals surface area contributed by atoms with Crippen LogP contribution in [-0.2, 0) is 4.74 Å². The largest absolute Gasteiger partial charge is 0.443 e. The number of halogens is 1. The number of aromatic amines is 1. The maximum Gasteiger partial charge on any atom is 0.407 e. The molecule has 1 aliphatic rings. The number of carbonyl (C=O) groups is 1. The Morgan fingerprint density at radius 2 is 2.21 bits per heavy atom. The highest BCUT2D eigenvalue weighted by molar-refractivity contribution is 5.72. The van der Waals surface area contributed by atoms with Crippen LogP contribution in [0.25, 0.3) is 5.52 Å². The summed E-state index contributed by atoms with van der Waals surface area (Å²) in [5.74, 6) is 1.11. The summed E-state index contributed by atoms with van der Waals surface area (Å²) in [5.41, 5.74) is 2.52. The number of anilines is 2. The monoisotopic (exact) mass is 401 g/mol. The summed E-state index contributed by atoms with van der Waals surface area (Å²) in [6.45, 7) is 5.56. The van der Waals surface area contributed by atoms with Crippen molar-refractivity contribution in [3.05, 3.63) is 35.9 Å². The molecule has 1 fully saturated rings. The smallest absolute Gasteiger partial charge is 0.407 e. The van der Waals surface area contributed by atoms with Crippen molar-refractivity contribution in [3.8, 4) is 0 Å². The number of rotatable bonds is 5. The van der Waals surface area contributed by atoms with E-state index in [2.05, 4.69) is 30.9 Å². The summed E-state index contributed by atoms with van der Waals surface area (Å²) in [6, 6.07) is 3.71. The highest BCUT2D eigenvalue weighted by Crippen LogP contribution is 2.38. The van der Waals surface area contributed by atoms with Gasteiger partial charge in [0.2, 0.25) is 0 Å². The van der Waals surface area contributed by atoms with Gasteiger partial charge < -0.3 is 15.4 Å². The molecule has 29 heavy (non-hydrogen) atoms. The van der Waals surface area contributed by atoms with Crippen molar-refractivity contribution in [2.24, 2.45) is 0 Å². The topological polar surface area (TPSA) is 109 Å². The standard InChI is InChI=1S/C19H24FN7O2/c1-10(2)22-19(28)29-16-8-12(7-13(16)20)14-9-17(25-24-14)23-18-15-6-11(3)26-27(15)5-4-21-18/h4-6,9-10,12-13,16H,7-8H2,1-3H3,(H,22,28)(H2,21,23,24,25)/t12-,13+,16-/m0/s1. The van der Waals surface area contributed by atoms with Crippen molar-refractivity contribution in [1.29, 1.82) is 0 Å². The fourth-order valence-electron chi connectivity index (χ4n) is 3.60. The van der Waals surface area contributed by atoms with Crippen LogP contribution in [0.15, 0.2) is 24.5 Å². The molecule has 10 heteroatoms. The fraction of sp³-hybridized carbons (Fsp3) is 0.474. The van der Waals surface area contributed by atoms with Crippen molar-refractivity contribution in [2.75, 3.05) is 5.32 Å². The first-order valence-corrected chi connectivity index (χ1v) is 9.63. The molecule has 0 aromatic carbocycles. The lowest BCUT2D eigenvalue weighted by atomic mass is 10.0. The minimum atomic E-state index is -1.21. The SMILES string of the molecule is Cc1cc2c(Nc3cc([C@H]4C[C@@H](F)[C@@H](OC(=O)NC(C)C)C4)[nH]n3)nccn2n1. The number of alkyl halides is 1. The summed E-state index contributed by atoms with van der Waals surface area (Å²) < 4.78 is 21.4. The molecule has 3 heterocycles. The zero-order valence-electron chi connectivity index (χ0n) is 16.5. The van der Waals surface area contributed by atoms with Crippen molar-refractivity contribution >= 4 is 23.2 Å². The van der Waals surface area contributed by atoms with Crippen LogP contribution >= 0.6 is 0 Å². The molecule has 3 aromatic heterocycles. The molecule has 0 bridgehead atoms. The average molecular weight is 401 g/mol. The Morgan fingerprint density at radius 3 is 3.00 bits per heavy atom. The highest BCUT2D eigenvalue weighted by atomic mass is 19.1. The van der Waals surface area contributed by atoms with E-state index < -0.39 is 18.4 Å². The van der Waals surface area contributed by atoms with Crippen molar-refractivity contribution in [1.82, 2.24) is 30.1 Å². The Kier molecular flexibility index (Phi) is 5.08. The number of aryl methyl sites for hydroxylation is 1. The third-order valence-electron chi connectivity index (χ3n) is 4.89. The molecule has 0 saturated heterocycles. The molecule has 0 spiro atoms. The number of aromatic nitrogens is 5. The van der Waals surface area contributed by atoms with Gasteiger partial charge in [0.15, 0.2) is 11.6 Å². The summed E-state index contributed by atoms with van der Waals surface area (Å²) in [7, 11) is 0. The van der Waals surface area contributed by atoms with E-state index in [4.69, 9.17) is 4.74 Å². The summed E-state index contributed by atoms with van der Waals surface area (Å²) in [4.78, 5) is 16.1. The minimum absolute atomic E-state index is 0.0587. The zero-order valence-corrected chi connectivity index (χ0v) is 16.5. The molecule has 3 aromatic rings. The van der Waals surface area contributed by atoms with Crippen molar-refractivity contribution < 1.29 is 13.9 Å². The first kappa shape index (κ1) is 19.2. The molecule has 3 atom stereocenters. The first-order valence-electron chi connectivity index (χ1n) is 9.63. The van der Waals surface area contributed by atoms with E-state index in [0.29, 0.717) is 18.1 Å². The van der Waals surface area contributed by atoms with Gasteiger partial charge in [-0.3, -0.25) is 5.10 Å². The van der Waals surface area contributed by atoms with Crippen molar-refractivity contribution in [3.63, 3.8) is 0 Å². The van der Waals surface area contributed by atoms with Gasteiger partial charge in [0.05, 0.1) is 5.69 Å². The van der Waals surface area contributed by atoms with E-state index in [-0.39, 0.29) is 18.4 Å². The van der Waals surface area contributed by atoms with Gasteiger partial charge in [0.25, 0.3) is 0 Å². The van der Waals surface area contributed by atoms with Gasteiger partial charge >= 0.3 is 6.09 Å². The number of hydrogen-bond donors (Lipinski definition) is 3. The third-order valence-corrected chi connectivity index (χ3v) is 4.89. The molecule has 1 amide bonds. The van der Waals surface area contributed by atoms with E-state index in [0.717, 1.165) is 16.9 Å². The maximum absolute atomic E-state index is 14.4. The molecule has 9 nitrogen and oxygen atoms in total. The lowest BCUT2D eigenvalue weighted by molar-refractivity contribution is 0.0593. The number of H-pyrrole nitrogens is 1. The van der Waals surface area contributed by atoms with Gasteiger partial charge in [-0.2, -0.15) is 10.2 Å². The average Bonchev–Trinajstić information content (AvgIpc) is 3.33. The van der Waals surface area contributed by atoms with Crippen LogP contribution in [0.4, 0.5) is 20.8 Å². The molecule has 0 radical (unpaired) electrons. The molecule has 1 aliphatic carbocycles. The predicted octanol–water partition coefficient (Wildman–Crippen LogP) is 3.22. The summed E-state index contributed by atoms with van der Waals surface area (Å²) in [6.07, 6.45) is 1.56. The number of carbonyl (C=O) groups excluding carboxylic acids is 1. The van der Waals surface area contributed by atoms with Crippen LogP contribution in [0, 0.1) is 6.92 Å². The van der Waals surface area contributed by atoms with Gasteiger partial charge in [-0.25, -0.2) is 18.7 Å². The molecule has 154 valence electrons. The Balaban J connectivity index is 1.43. The number of hydrogen-bond acceptors (Lipinski definition) is 6. The quantitative estimate of drug-likeness (QED) is 0.606. The summed E-state index contributed by atoms with van der Waals surface area (Å²) in [5, 5.41) is 17.4. The maximum atomic E-state index is 14.4. The van der Waals surface area contributed by atoms with Crippen LogP contribution in [0.5, 0.6) is 0 Å². The predicted molar refractivity (Wildman–Crippen MR) is 105 cm³/mol. The van der Waals surface area contributed by atoms with Gasteiger partial charge in [-0.15, -0.1) is 0 Å². The molecule has 0 unspecified atom stereocenters. The van der Waals surface area contributed by atoms with E-state index in [1.807, 2.05) is 32.9 Å².